The number of anilines is 1. The first-order chi connectivity index (χ1) is 25.1. The summed E-state index contributed by atoms with van der Waals surface area (Å²) in [5.41, 5.74) is 5.72. The number of carbonyl (C=O) groups excluding carboxylic acids is 4. The predicted octanol–water partition coefficient (Wildman–Crippen LogP) is 5.64. The highest BCUT2D eigenvalue weighted by Crippen LogP contribution is 2.65. The quantitative estimate of drug-likeness (QED) is 0.159. The lowest BCUT2D eigenvalue weighted by atomic mass is 9.49. The predicted molar refractivity (Wildman–Crippen MR) is 192 cm³/mol. The molecule has 10 nitrogen and oxygen atoms in total. The van der Waals surface area contributed by atoms with E-state index in [4.69, 9.17) is 4.74 Å². The molecule has 6 atom stereocenters. The number of phenolic OH excluding ortho intramolecular Hbond substituents is 2. The number of likely N-dealkylation sites (tertiary alicyclic amines) is 1. The van der Waals surface area contributed by atoms with Gasteiger partial charge in [0.05, 0.1) is 36.0 Å². The lowest BCUT2D eigenvalue weighted by molar-refractivity contribution is -0.141. The van der Waals surface area contributed by atoms with Crippen molar-refractivity contribution >= 4 is 29.3 Å². The van der Waals surface area contributed by atoms with E-state index in [9.17, 15) is 24.6 Å². The van der Waals surface area contributed by atoms with E-state index in [0.29, 0.717) is 29.0 Å². The van der Waals surface area contributed by atoms with Crippen LogP contribution in [0.2, 0.25) is 0 Å². The van der Waals surface area contributed by atoms with E-state index in [2.05, 4.69) is 5.43 Å². The number of carbonyl (C=O) groups is 4. The Hall–Kier alpha value is -5.90. The van der Waals surface area contributed by atoms with Gasteiger partial charge in [0.15, 0.2) is 0 Å². The third-order valence-corrected chi connectivity index (χ3v) is 11.6. The number of aryl methyl sites for hydroxylation is 1. The van der Waals surface area contributed by atoms with Crippen molar-refractivity contribution in [3.8, 4) is 17.2 Å². The van der Waals surface area contributed by atoms with E-state index in [1.807, 2.05) is 55.5 Å². The van der Waals surface area contributed by atoms with Crippen molar-refractivity contribution in [1.82, 2.24) is 9.91 Å². The number of allylic oxidation sites excluding steroid dienone is 2. The third-order valence-electron chi connectivity index (χ3n) is 11.6. The molecular formula is C42H39N3O7. The SMILES string of the molecule is COc1cccc(O)c1[C@H]1C2=CC[C@@H]3C(=O)N(CCc4ccc(O)cc4)C(=O)[C@@H]3[C@@H]2C[C@H]2C(=O)N(Nc3ccc(C)cc3)C(=O)[C@@]12c1ccccc1. The number of hydrogen-bond acceptors (Lipinski definition) is 8. The van der Waals surface area contributed by atoms with Gasteiger partial charge in [0, 0.05) is 18.0 Å². The molecule has 1 saturated carbocycles. The highest BCUT2D eigenvalue weighted by molar-refractivity contribution is 6.13. The van der Waals surface area contributed by atoms with Crippen LogP contribution in [0.25, 0.3) is 0 Å². The van der Waals surface area contributed by atoms with Crippen LogP contribution in [-0.2, 0) is 31.0 Å². The van der Waals surface area contributed by atoms with Crippen molar-refractivity contribution in [1.29, 1.82) is 0 Å². The monoisotopic (exact) mass is 697 g/mol. The molecule has 264 valence electrons. The van der Waals surface area contributed by atoms with Crippen LogP contribution in [-0.4, -0.2) is 57.4 Å². The van der Waals surface area contributed by atoms with E-state index in [1.54, 1.807) is 54.6 Å². The van der Waals surface area contributed by atoms with Crippen LogP contribution in [0.15, 0.2) is 109 Å². The summed E-state index contributed by atoms with van der Waals surface area (Å²) < 4.78 is 5.85. The molecule has 4 aliphatic rings. The molecule has 4 aromatic rings. The molecule has 8 rings (SSSR count). The van der Waals surface area contributed by atoms with Crippen LogP contribution in [0.5, 0.6) is 17.2 Å². The number of ether oxygens (including phenoxy) is 1. The molecule has 0 unspecified atom stereocenters. The van der Waals surface area contributed by atoms with Gasteiger partial charge in [0.2, 0.25) is 11.8 Å². The molecule has 10 heteroatoms. The maximum absolute atomic E-state index is 15.3. The number of fused-ring (bicyclic) bond motifs is 4. The Balaban J connectivity index is 1.27. The second-order valence-electron chi connectivity index (χ2n) is 14.2. The van der Waals surface area contributed by atoms with Gasteiger partial charge in [-0.3, -0.25) is 29.5 Å². The molecule has 3 fully saturated rings. The Morgan fingerprint density at radius 3 is 2.27 bits per heavy atom. The molecule has 0 aromatic heterocycles. The van der Waals surface area contributed by atoms with Gasteiger partial charge in [-0.25, -0.2) is 0 Å². The van der Waals surface area contributed by atoms with Gasteiger partial charge in [0.25, 0.3) is 11.8 Å². The number of hydrogen-bond donors (Lipinski definition) is 3. The first kappa shape index (κ1) is 33.3. The minimum Gasteiger partial charge on any atom is -0.508 e. The molecule has 52 heavy (non-hydrogen) atoms. The van der Waals surface area contributed by atoms with Gasteiger partial charge in [-0.1, -0.05) is 77.9 Å². The molecule has 2 aliphatic heterocycles. The maximum Gasteiger partial charge on any atom is 0.260 e. The van der Waals surface area contributed by atoms with Crippen molar-refractivity contribution in [3.63, 3.8) is 0 Å². The van der Waals surface area contributed by atoms with Gasteiger partial charge in [-0.15, -0.1) is 0 Å². The number of nitrogens with zero attached hydrogens (tertiary/aromatic N) is 2. The number of methoxy groups -OCH3 is 1. The number of nitrogens with one attached hydrogen (secondary N) is 1. The number of phenols is 2. The Labute approximate surface area is 301 Å². The van der Waals surface area contributed by atoms with Crippen LogP contribution < -0.4 is 10.2 Å². The minimum atomic E-state index is -1.53. The molecule has 2 saturated heterocycles. The molecular weight excluding hydrogens is 658 g/mol. The van der Waals surface area contributed by atoms with Gasteiger partial charge in [0.1, 0.15) is 17.2 Å². The lowest BCUT2D eigenvalue weighted by Crippen LogP contribution is -2.53. The van der Waals surface area contributed by atoms with E-state index >= 15 is 4.79 Å². The third kappa shape index (κ3) is 4.99. The second-order valence-corrected chi connectivity index (χ2v) is 14.2. The van der Waals surface area contributed by atoms with Crippen molar-refractivity contribution in [3.05, 3.63) is 131 Å². The fraction of sp³-hybridized carbons (Fsp3) is 0.286. The molecule has 0 bridgehead atoms. The molecule has 4 aromatic carbocycles. The molecule has 3 N–H and O–H groups in total. The zero-order chi connectivity index (χ0) is 36.3. The zero-order valence-corrected chi connectivity index (χ0v) is 28.9. The fourth-order valence-corrected chi connectivity index (χ4v) is 9.25. The van der Waals surface area contributed by atoms with Gasteiger partial charge >= 0.3 is 0 Å². The number of benzene rings is 4. The molecule has 2 heterocycles. The summed E-state index contributed by atoms with van der Waals surface area (Å²) in [6.45, 7) is 2.13. The number of aromatic hydroxyl groups is 2. The minimum absolute atomic E-state index is 0.100. The fourth-order valence-electron chi connectivity index (χ4n) is 9.25. The molecule has 2 aliphatic carbocycles. The largest absolute Gasteiger partial charge is 0.508 e. The number of amides is 4. The number of imide groups is 2. The summed E-state index contributed by atoms with van der Waals surface area (Å²) in [4.78, 5) is 59.8. The van der Waals surface area contributed by atoms with E-state index in [0.717, 1.165) is 21.7 Å². The van der Waals surface area contributed by atoms with Crippen molar-refractivity contribution < 1.29 is 34.1 Å². The summed E-state index contributed by atoms with van der Waals surface area (Å²) in [5.74, 6) is -4.90. The number of hydrazine groups is 1. The Kier molecular flexibility index (Phi) is 8.12. The van der Waals surface area contributed by atoms with Crippen molar-refractivity contribution in [2.24, 2.45) is 23.7 Å². The maximum atomic E-state index is 15.3. The highest BCUT2D eigenvalue weighted by Gasteiger charge is 2.71. The van der Waals surface area contributed by atoms with Crippen molar-refractivity contribution in [2.75, 3.05) is 19.1 Å². The van der Waals surface area contributed by atoms with Gasteiger partial charge in [-0.2, -0.15) is 5.01 Å². The topological polar surface area (TPSA) is 136 Å². The second kappa shape index (κ2) is 12.7. The number of rotatable bonds is 8. The average molecular weight is 698 g/mol. The summed E-state index contributed by atoms with van der Waals surface area (Å²) in [6.07, 6.45) is 2.81. The van der Waals surface area contributed by atoms with Crippen LogP contribution >= 0.6 is 0 Å². The van der Waals surface area contributed by atoms with E-state index in [-0.39, 0.29) is 42.7 Å². The van der Waals surface area contributed by atoms with Crippen molar-refractivity contribution in [2.45, 2.75) is 37.5 Å². The Bertz CT molecular complexity index is 2110. The lowest BCUT2D eigenvalue weighted by Gasteiger charge is -2.50. The standard InChI is InChI=1S/C42H39N3O7/c1-24-11-15-27(16-12-24)43-45-39(49)32-23-31-29(19-20-30-35(31)40(50)44(38(30)48)22-21-25-13-17-28(46)18-14-25)37(36-33(47)9-6-10-34(36)52-2)42(32,41(45)51)26-7-4-3-5-8-26/h3-19,30-32,35,37,43,46-47H,20-23H2,1-2H3/t30-,31+,32-,35-,37+,42+/m0/s1. The molecule has 0 radical (unpaired) electrons. The molecule has 0 spiro atoms. The summed E-state index contributed by atoms with van der Waals surface area (Å²) in [5, 5.41) is 22.5. The van der Waals surface area contributed by atoms with Crippen LogP contribution in [0, 0.1) is 30.6 Å². The van der Waals surface area contributed by atoms with Gasteiger partial charge < -0.3 is 14.9 Å². The summed E-state index contributed by atoms with van der Waals surface area (Å²) in [6, 6.07) is 28.2. The van der Waals surface area contributed by atoms with Crippen LogP contribution in [0.1, 0.15) is 41.0 Å². The average Bonchev–Trinajstić information content (AvgIpc) is 3.53. The van der Waals surface area contributed by atoms with Crippen LogP contribution in [0.4, 0.5) is 5.69 Å². The first-order valence-electron chi connectivity index (χ1n) is 17.6. The Morgan fingerprint density at radius 2 is 1.56 bits per heavy atom. The van der Waals surface area contributed by atoms with Crippen LogP contribution in [0.3, 0.4) is 0 Å². The first-order valence-corrected chi connectivity index (χ1v) is 17.6. The summed E-state index contributed by atoms with van der Waals surface area (Å²) >= 11 is 0. The van der Waals surface area contributed by atoms with E-state index < -0.39 is 46.8 Å². The zero-order valence-electron chi connectivity index (χ0n) is 28.9. The van der Waals surface area contributed by atoms with E-state index in [1.165, 1.54) is 12.0 Å². The van der Waals surface area contributed by atoms with Gasteiger partial charge in [-0.05, 0) is 79.6 Å². The highest BCUT2D eigenvalue weighted by atomic mass is 16.5. The smallest absolute Gasteiger partial charge is 0.260 e. The Morgan fingerprint density at radius 1 is 0.827 bits per heavy atom. The molecule has 4 amide bonds. The summed E-state index contributed by atoms with van der Waals surface area (Å²) in [7, 11) is 1.49. The normalized spacial score (nSPS) is 26.5.